The van der Waals surface area contributed by atoms with Gasteiger partial charge in [-0.2, -0.15) is 0 Å². The number of carboxylic acids is 1. The van der Waals surface area contributed by atoms with Crippen molar-refractivity contribution in [3.63, 3.8) is 0 Å². The minimum absolute atomic E-state index is 0. The second-order valence-corrected chi connectivity index (χ2v) is 3.13. The fourth-order valence-corrected chi connectivity index (χ4v) is 1.46. The molecule has 0 spiro atoms. The van der Waals surface area contributed by atoms with Gasteiger partial charge in [-0.3, -0.25) is 0 Å². The molecule has 1 heterocycles. The number of carbonyl (C=O) groups is 2. The second-order valence-electron chi connectivity index (χ2n) is 3.13. The smallest absolute Gasteiger partial charge is 0.543 e. The number of esters is 1. The summed E-state index contributed by atoms with van der Waals surface area (Å²) in [5.74, 6) is -1.85. The Labute approximate surface area is 115 Å². The van der Waals surface area contributed by atoms with Crippen molar-refractivity contribution in [2.24, 2.45) is 0 Å². The maximum Gasteiger partial charge on any atom is 1.00 e. The molecule has 1 N–H and O–H groups in total. The molecule has 0 fully saturated rings. The molecule has 0 aromatic carbocycles. The third-order valence-corrected chi connectivity index (χ3v) is 2.12. The van der Waals surface area contributed by atoms with Gasteiger partial charge in [-0.25, -0.2) is 4.79 Å². The zero-order chi connectivity index (χ0) is 11.6. The van der Waals surface area contributed by atoms with E-state index < -0.39 is 11.9 Å². The molecule has 0 aliphatic carbocycles. The first-order valence-electron chi connectivity index (χ1n) is 4.56. The monoisotopic (exact) mass is 233 g/mol. The predicted octanol–water partition coefficient (Wildman–Crippen LogP) is -2.82. The summed E-state index contributed by atoms with van der Waals surface area (Å²) in [4.78, 5) is 24.7. The average Bonchev–Trinajstić information content (AvgIpc) is 2.42. The molecule has 0 aliphatic heterocycles. The Hall–Kier alpha value is -0.780. The molecule has 0 saturated heterocycles. The van der Waals surface area contributed by atoms with Crippen LogP contribution in [0, 0.1) is 13.8 Å². The Morgan fingerprint density at radius 1 is 1.38 bits per heavy atom. The van der Waals surface area contributed by atoms with E-state index in [1.54, 1.807) is 20.8 Å². The van der Waals surface area contributed by atoms with Gasteiger partial charge in [0.25, 0.3) is 0 Å². The molecule has 6 heteroatoms. The van der Waals surface area contributed by atoms with Gasteiger partial charge in [-0.15, -0.1) is 0 Å². The largest absolute Gasteiger partial charge is 1.00 e. The normalized spacial score (nSPS) is 9.44. The summed E-state index contributed by atoms with van der Waals surface area (Å²) in [6.07, 6.45) is 0. The van der Waals surface area contributed by atoms with Crippen molar-refractivity contribution >= 4 is 11.9 Å². The number of aromatic nitrogens is 1. The van der Waals surface area contributed by atoms with Crippen LogP contribution in [0.3, 0.4) is 0 Å². The number of carbonyl (C=O) groups excluding carboxylic acids is 2. The average molecular weight is 233 g/mol. The number of H-pyrrole nitrogens is 1. The van der Waals surface area contributed by atoms with Crippen molar-refractivity contribution < 1.29 is 49.0 Å². The summed E-state index contributed by atoms with van der Waals surface area (Å²) >= 11 is 0. The van der Waals surface area contributed by atoms with Crippen molar-refractivity contribution in [3.05, 3.63) is 22.5 Å². The first kappa shape index (κ1) is 15.2. The van der Waals surface area contributed by atoms with Gasteiger partial charge in [0.1, 0.15) is 0 Å². The molecular weight excluding hydrogens is 221 g/mol. The van der Waals surface area contributed by atoms with Crippen LogP contribution in [0.5, 0.6) is 0 Å². The van der Waals surface area contributed by atoms with Gasteiger partial charge < -0.3 is 19.6 Å². The van der Waals surface area contributed by atoms with E-state index in [0.717, 1.165) is 0 Å². The quantitative estimate of drug-likeness (QED) is 0.451. The summed E-state index contributed by atoms with van der Waals surface area (Å²) in [6.45, 7) is 5.10. The molecule has 0 amide bonds. The van der Waals surface area contributed by atoms with Crippen molar-refractivity contribution in [1.29, 1.82) is 0 Å². The van der Waals surface area contributed by atoms with E-state index in [9.17, 15) is 14.7 Å². The van der Waals surface area contributed by atoms with Crippen LogP contribution in [0.2, 0.25) is 0 Å². The fourth-order valence-electron chi connectivity index (χ4n) is 1.46. The van der Waals surface area contributed by atoms with E-state index >= 15 is 0 Å². The van der Waals surface area contributed by atoms with Crippen LogP contribution in [0.15, 0.2) is 0 Å². The van der Waals surface area contributed by atoms with E-state index in [1.165, 1.54) is 0 Å². The van der Waals surface area contributed by atoms with Gasteiger partial charge in [0.2, 0.25) is 0 Å². The van der Waals surface area contributed by atoms with Crippen LogP contribution in [0.1, 0.15) is 39.0 Å². The summed E-state index contributed by atoms with van der Waals surface area (Å²) in [5.41, 5.74) is 1.03. The molecule has 0 saturated carbocycles. The third-order valence-electron chi connectivity index (χ3n) is 2.12. The second kappa shape index (κ2) is 6.08. The first-order valence-corrected chi connectivity index (χ1v) is 4.56. The SMILES string of the molecule is CCOC(=O)c1c(C)[nH]c(C(=O)[O-])c1C.[Na+]. The van der Waals surface area contributed by atoms with Gasteiger partial charge in [0.15, 0.2) is 0 Å². The zero-order valence-electron chi connectivity index (χ0n) is 9.84. The van der Waals surface area contributed by atoms with Gasteiger partial charge in [0.05, 0.1) is 23.8 Å². The maximum absolute atomic E-state index is 11.5. The van der Waals surface area contributed by atoms with Gasteiger partial charge in [-0.05, 0) is 26.3 Å². The Morgan fingerprint density at radius 2 is 1.94 bits per heavy atom. The van der Waals surface area contributed by atoms with E-state index in [1.807, 2.05) is 0 Å². The molecule has 0 unspecified atom stereocenters. The summed E-state index contributed by atoms with van der Waals surface area (Å²) in [6, 6.07) is 0. The Kier molecular flexibility index (Phi) is 5.78. The maximum atomic E-state index is 11.5. The first-order chi connectivity index (χ1) is 6.99. The van der Waals surface area contributed by atoms with Crippen molar-refractivity contribution in [1.82, 2.24) is 4.98 Å². The number of aromatic amines is 1. The fraction of sp³-hybridized carbons (Fsp3) is 0.400. The van der Waals surface area contributed by atoms with Crippen molar-refractivity contribution in [3.8, 4) is 0 Å². The number of aromatic carboxylic acids is 1. The Bertz CT molecular complexity index is 411. The zero-order valence-corrected chi connectivity index (χ0v) is 11.8. The molecule has 1 rings (SSSR count). The minimum atomic E-state index is -1.33. The van der Waals surface area contributed by atoms with Crippen LogP contribution in [0.4, 0.5) is 0 Å². The van der Waals surface area contributed by atoms with Crippen LogP contribution < -0.4 is 34.7 Å². The van der Waals surface area contributed by atoms with Crippen LogP contribution >= 0.6 is 0 Å². The molecule has 1 aromatic heterocycles. The third kappa shape index (κ3) is 2.87. The Morgan fingerprint density at radius 3 is 2.31 bits per heavy atom. The molecule has 0 bridgehead atoms. The van der Waals surface area contributed by atoms with Crippen LogP contribution in [-0.4, -0.2) is 23.5 Å². The number of hydrogen-bond donors (Lipinski definition) is 1. The van der Waals surface area contributed by atoms with Crippen LogP contribution in [0.25, 0.3) is 0 Å². The van der Waals surface area contributed by atoms with Gasteiger partial charge >= 0.3 is 35.5 Å². The number of aryl methyl sites for hydroxylation is 1. The molecular formula is C10H12NNaO4. The minimum Gasteiger partial charge on any atom is -0.543 e. The van der Waals surface area contributed by atoms with Gasteiger partial charge in [-0.1, -0.05) is 0 Å². The Balaban J connectivity index is 0.00000225. The van der Waals surface area contributed by atoms with Gasteiger partial charge in [0, 0.05) is 5.69 Å². The molecule has 16 heavy (non-hydrogen) atoms. The molecule has 5 nitrogen and oxygen atoms in total. The number of carboxylic acid groups (broad SMARTS) is 1. The summed E-state index contributed by atoms with van der Waals surface area (Å²) in [5, 5.41) is 10.7. The van der Waals surface area contributed by atoms with E-state index in [0.29, 0.717) is 11.3 Å². The summed E-state index contributed by atoms with van der Waals surface area (Å²) in [7, 11) is 0. The molecule has 1 aromatic rings. The number of rotatable bonds is 3. The van der Waals surface area contributed by atoms with Crippen molar-refractivity contribution in [2.45, 2.75) is 20.8 Å². The molecule has 0 radical (unpaired) electrons. The molecule has 0 aliphatic rings. The van der Waals surface area contributed by atoms with Crippen molar-refractivity contribution in [2.75, 3.05) is 6.61 Å². The molecule has 82 valence electrons. The van der Waals surface area contributed by atoms with E-state index in [2.05, 4.69) is 4.98 Å². The topological polar surface area (TPSA) is 82.2 Å². The summed E-state index contributed by atoms with van der Waals surface area (Å²) < 4.78 is 4.81. The predicted molar refractivity (Wildman–Crippen MR) is 50.6 cm³/mol. The standard InChI is InChI=1S/C10H13NO4.Na/c1-4-15-10(14)7-5(2)8(9(12)13)11-6(7)3;/h11H,4H2,1-3H3,(H,12,13);/q;+1/p-1. The number of ether oxygens (including phenoxy) is 1. The van der Waals surface area contributed by atoms with Crippen LogP contribution in [-0.2, 0) is 4.74 Å². The number of hydrogen-bond acceptors (Lipinski definition) is 4. The number of nitrogens with one attached hydrogen (secondary N) is 1. The van der Waals surface area contributed by atoms with E-state index in [-0.39, 0.29) is 47.4 Å². The van der Waals surface area contributed by atoms with E-state index in [4.69, 9.17) is 4.74 Å². The molecule has 0 atom stereocenters.